The second-order valence-electron chi connectivity index (χ2n) is 6.64. The summed E-state index contributed by atoms with van der Waals surface area (Å²) in [7, 11) is 0. The fourth-order valence-electron chi connectivity index (χ4n) is 3.33. The molecule has 0 bridgehead atoms. The summed E-state index contributed by atoms with van der Waals surface area (Å²) in [5, 5.41) is 14.2. The molecule has 1 N–H and O–H groups in total. The summed E-state index contributed by atoms with van der Waals surface area (Å²) >= 11 is 7.15. The molecule has 0 fully saturated rings. The molecule has 0 spiro atoms. The maximum absolute atomic E-state index is 12.5. The van der Waals surface area contributed by atoms with Crippen LogP contribution in [0.1, 0.15) is 35.7 Å². The van der Waals surface area contributed by atoms with Gasteiger partial charge in [0.2, 0.25) is 0 Å². The van der Waals surface area contributed by atoms with Gasteiger partial charge in [0.25, 0.3) is 0 Å². The van der Waals surface area contributed by atoms with Crippen LogP contribution in [0.3, 0.4) is 0 Å². The third kappa shape index (κ3) is 4.61. The average Bonchev–Trinajstić information content (AvgIpc) is 2.72. The Kier molecular flexibility index (Phi) is 6.58. The van der Waals surface area contributed by atoms with E-state index in [-0.39, 0.29) is 17.3 Å². The Balaban J connectivity index is 1.93. The van der Waals surface area contributed by atoms with Gasteiger partial charge in [-0.05, 0) is 43.7 Å². The van der Waals surface area contributed by atoms with E-state index in [4.69, 9.17) is 11.6 Å². The van der Waals surface area contributed by atoms with Gasteiger partial charge in [-0.1, -0.05) is 53.7 Å². The number of dihydropyridines is 1. The number of allylic oxidation sites excluding steroid dienone is 3. The molecular formula is C23H19ClN2O2S. The van der Waals surface area contributed by atoms with Crippen molar-refractivity contribution in [2.75, 3.05) is 5.75 Å². The van der Waals surface area contributed by atoms with E-state index in [0.29, 0.717) is 32.5 Å². The predicted molar refractivity (Wildman–Crippen MR) is 117 cm³/mol. The van der Waals surface area contributed by atoms with Crippen molar-refractivity contribution in [2.24, 2.45) is 0 Å². The molecule has 4 nitrogen and oxygen atoms in total. The molecular weight excluding hydrogens is 404 g/mol. The summed E-state index contributed by atoms with van der Waals surface area (Å²) < 4.78 is 0. The number of ketones is 2. The van der Waals surface area contributed by atoms with Gasteiger partial charge in [-0.2, -0.15) is 5.26 Å². The topological polar surface area (TPSA) is 70.0 Å². The van der Waals surface area contributed by atoms with E-state index in [9.17, 15) is 14.9 Å². The molecule has 2 aromatic carbocycles. The number of hydrogen-bond donors (Lipinski definition) is 1. The predicted octanol–water partition coefficient (Wildman–Crippen LogP) is 5.24. The Morgan fingerprint density at radius 1 is 1.14 bits per heavy atom. The quantitative estimate of drug-likeness (QED) is 0.644. The van der Waals surface area contributed by atoms with Crippen molar-refractivity contribution in [2.45, 2.75) is 19.8 Å². The minimum atomic E-state index is -0.451. The van der Waals surface area contributed by atoms with E-state index in [1.165, 1.54) is 18.7 Å². The van der Waals surface area contributed by atoms with Crippen molar-refractivity contribution in [3.05, 3.63) is 92.6 Å². The lowest BCUT2D eigenvalue weighted by Crippen LogP contribution is -2.27. The number of carbonyl (C=O) groups excluding carboxylic acids is 2. The molecule has 6 heteroatoms. The number of nitrogens with one attached hydrogen (secondary N) is 1. The molecule has 146 valence electrons. The zero-order valence-corrected chi connectivity index (χ0v) is 17.6. The SMILES string of the molecule is CC(=O)C1=C(C)NC(SCC(=O)c2ccc(Cl)cc2)=C(C#N)C1c1ccccc1. The lowest BCUT2D eigenvalue weighted by atomic mass is 9.81. The first-order valence-electron chi connectivity index (χ1n) is 9.02. The number of thioether (sulfide) groups is 1. The molecule has 0 aliphatic carbocycles. The molecule has 1 aliphatic heterocycles. The molecule has 1 atom stereocenters. The maximum atomic E-state index is 12.5. The molecule has 0 aromatic heterocycles. The van der Waals surface area contributed by atoms with Crippen LogP contribution < -0.4 is 5.32 Å². The van der Waals surface area contributed by atoms with Crippen LogP contribution in [-0.4, -0.2) is 17.3 Å². The minimum absolute atomic E-state index is 0.0616. The van der Waals surface area contributed by atoms with Crippen molar-refractivity contribution < 1.29 is 9.59 Å². The van der Waals surface area contributed by atoms with Crippen LogP contribution in [0.15, 0.2) is 76.5 Å². The second-order valence-corrected chi connectivity index (χ2v) is 8.06. The third-order valence-corrected chi connectivity index (χ3v) is 5.94. The van der Waals surface area contributed by atoms with E-state index >= 15 is 0 Å². The minimum Gasteiger partial charge on any atom is -0.353 e. The Morgan fingerprint density at radius 2 is 1.79 bits per heavy atom. The zero-order chi connectivity index (χ0) is 21.0. The molecule has 1 unspecified atom stereocenters. The Hall–Kier alpha value is -2.81. The highest BCUT2D eigenvalue weighted by atomic mass is 35.5. The maximum Gasteiger partial charge on any atom is 0.173 e. The van der Waals surface area contributed by atoms with Crippen LogP contribution in [0.2, 0.25) is 5.02 Å². The number of hydrogen-bond acceptors (Lipinski definition) is 5. The first-order valence-corrected chi connectivity index (χ1v) is 10.4. The van der Waals surface area contributed by atoms with Crippen LogP contribution in [0, 0.1) is 11.3 Å². The molecule has 0 saturated heterocycles. The summed E-state index contributed by atoms with van der Waals surface area (Å²) in [4.78, 5) is 24.9. The van der Waals surface area contributed by atoms with Crippen LogP contribution >= 0.6 is 23.4 Å². The van der Waals surface area contributed by atoms with Crippen molar-refractivity contribution in [1.82, 2.24) is 5.32 Å². The lowest BCUT2D eigenvalue weighted by molar-refractivity contribution is -0.113. The highest BCUT2D eigenvalue weighted by Crippen LogP contribution is 2.40. The molecule has 3 rings (SSSR count). The van der Waals surface area contributed by atoms with Gasteiger partial charge in [0.1, 0.15) is 0 Å². The number of carbonyl (C=O) groups is 2. The summed E-state index contributed by atoms with van der Waals surface area (Å²) in [5.74, 6) is -0.432. The molecule has 29 heavy (non-hydrogen) atoms. The average molecular weight is 423 g/mol. The number of Topliss-reactive ketones (excluding diaryl/α,β-unsaturated/α-hetero) is 2. The van der Waals surface area contributed by atoms with Crippen molar-refractivity contribution in [1.29, 1.82) is 5.26 Å². The standard InChI is InChI=1S/C23H19ClN2O2S/c1-14-21(15(2)27)22(17-6-4-3-5-7-17)19(12-25)23(26-14)29-13-20(28)16-8-10-18(24)11-9-16/h3-11,22,26H,13H2,1-2H3. The fraction of sp³-hybridized carbons (Fsp3) is 0.174. The Morgan fingerprint density at radius 3 is 2.38 bits per heavy atom. The summed E-state index contributed by atoms with van der Waals surface area (Å²) in [5.41, 5.74) is 3.15. The Bertz CT molecular complexity index is 1050. The number of nitrogens with zero attached hydrogens (tertiary/aromatic N) is 1. The molecule has 1 aliphatic rings. The van der Waals surface area contributed by atoms with Crippen LogP contribution in [0.5, 0.6) is 0 Å². The largest absolute Gasteiger partial charge is 0.353 e. The second kappa shape index (κ2) is 9.13. The third-order valence-electron chi connectivity index (χ3n) is 4.67. The van der Waals surface area contributed by atoms with Crippen LogP contribution in [0.25, 0.3) is 0 Å². The Labute approximate surface area is 179 Å². The van der Waals surface area contributed by atoms with E-state index < -0.39 is 5.92 Å². The zero-order valence-electron chi connectivity index (χ0n) is 16.0. The first-order chi connectivity index (χ1) is 13.9. The van der Waals surface area contributed by atoms with Gasteiger partial charge in [-0.15, -0.1) is 0 Å². The van der Waals surface area contributed by atoms with Crippen molar-refractivity contribution in [3.63, 3.8) is 0 Å². The molecule has 1 heterocycles. The van der Waals surface area contributed by atoms with Gasteiger partial charge >= 0.3 is 0 Å². The van der Waals surface area contributed by atoms with Gasteiger partial charge in [-0.25, -0.2) is 0 Å². The normalized spacial score (nSPS) is 16.3. The van der Waals surface area contributed by atoms with E-state index in [1.54, 1.807) is 24.3 Å². The summed E-state index contributed by atoms with van der Waals surface area (Å²) in [6, 6.07) is 18.5. The summed E-state index contributed by atoms with van der Waals surface area (Å²) in [6.45, 7) is 3.33. The fourth-order valence-corrected chi connectivity index (χ4v) is 4.44. The highest BCUT2D eigenvalue weighted by Gasteiger charge is 2.33. The molecule has 0 saturated carbocycles. The van der Waals surface area contributed by atoms with Gasteiger partial charge < -0.3 is 5.32 Å². The number of nitriles is 1. The van der Waals surface area contributed by atoms with Gasteiger partial charge in [0, 0.05) is 21.9 Å². The van der Waals surface area contributed by atoms with E-state index in [2.05, 4.69) is 11.4 Å². The van der Waals surface area contributed by atoms with Crippen LogP contribution in [-0.2, 0) is 4.79 Å². The van der Waals surface area contributed by atoms with Crippen molar-refractivity contribution in [3.8, 4) is 6.07 Å². The molecule has 0 amide bonds. The number of halogens is 1. The van der Waals surface area contributed by atoms with Gasteiger partial charge in [-0.3, -0.25) is 9.59 Å². The van der Waals surface area contributed by atoms with E-state index in [1.807, 2.05) is 37.3 Å². The number of rotatable bonds is 6. The lowest BCUT2D eigenvalue weighted by Gasteiger charge is -2.29. The van der Waals surface area contributed by atoms with Crippen LogP contribution in [0.4, 0.5) is 0 Å². The summed E-state index contributed by atoms with van der Waals surface area (Å²) in [6.07, 6.45) is 0. The molecule has 2 aromatic rings. The number of benzene rings is 2. The monoisotopic (exact) mass is 422 g/mol. The van der Waals surface area contributed by atoms with Gasteiger partial charge in [0.15, 0.2) is 11.6 Å². The smallest absolute Gasteiger partial charge is 0.173 e. The van der Waals surface area contributed by atoms with Gasteiger partial charge in [0.05, 0.1) is 28.3 Å². The van der Waals surface area contributed by atoms with Crippen molar-refractivity contribution >= 4 is 34.9 Å². The highest BCUT2D eigenvalue weighted by molar-refractivity contribution is 8.03. The van der Waals surface area contributed by atoms with E-state index in [0.717, 1.165) is 5.56 Å². The first kappa shape index (κ1) is 20.9. The molecule has 0 radical (unpaired) electrons.